The Morgan fingerprint density at radius 2 is 1.24 bits per heavy atom. The smallest absolute Gasteiger partial charge is 0.418 e. The molecule has 0 unspecified atom stereocenters. The van der Waals surface area contributed by atoms with Crippen LogP contribution in [0.1, 0.15) is 53.5 Å². The van der Waals surface area contributed by atoms with E-state index in [1.807, 2.05) is 0 Å². The van der Waals surface area contributed by atoms with Crippen LogP contribution in [0.15, 0.2) is 53.6 Å². The average Bonchev–Trinajstić information content (AvgIpc) is 2.68. The fourth-order valence-electron chi connectivity index (χ4n) is 2.71. The van der Waals surface area contributed by atoms with Crippen molar-refractivity contribution in [3.05, 3.63) is 59.2 Å². The van der Waals surface area contributed by atoms with E-state index >= 15 is 0 Å². The number of rotatable bonds is 1. The van der Waals surface area contributed by atoms with Gasteiger partial charge in [-0.3, -0.25) is 0 Å². The fourth-order valence-corrected chi connectivity index (χ4v) is 2.71. The Hall–Kier alpha value is -1.65. The molecule has 0 atom stereocenters. The Bertz CT molecular complexity index is 638. The van der Waals surface area contributed by atoms with Crippen molar-refractivity contribution in [3.63, 3.8) is 0 Å². The summed E-state index contributed by atoms with van der Waals surface area (Å²) in [4.78, 5) is 0. The zero-order chi connectivity index (χ0) is 19.5. The van der Waals surface area contributed by atoms with Gasteiger partial charge in [0.25, 0.3) is 0 Å². The van der Waals surface area contributed by atoms with Crippen molar-refractivity contribution in [1.29, 1.82) is 0 Å². The number of hydrogen-bond acceptors (Lipinski definition) is 0. The van der Waals surface area contributed by atoms with Gasteiger partial charge in [-0.25, -0.2) is 0 Å². The fraction of sp³-hybridized carbons (Fsp3) is 0.450. The third-order valence-electron chi connectivity index (χ3n) is 4.02. The minimum absolute atomic E-state index is 0.191. The molecular formula is C20H27BF4. The van der Waals surface area contributed by atoms with Gasteiger partial charge in [-0.2, -0.15) is 0 Å². The highest BCUT2D eigenvalue weighted by molar-refractivity contribution is 6.50. The normalized spacial score (nSPS) is 15.5. The lowest BCUT2D eigenvalue weighted by Gasteiger charge is -2.20. The van der Waals surface area contributed by atoms with Crippen LogP contribution in [0.5, 0.6) is 0 Å². The molecule has 1 aliphatic carbocycles. The van der Waals surface area contributed by atoms with E-state index in [4.69, 9.17) is 0 Å². The van der Waals surface area contributed by atoms with Crippen LogP contribution < -0.4 is 0 Å². The summed E-state index contributed by atoms with van der Waals surface area (Å²) < 4.78 is 39.0. The Kier molecular flexibility index (Phi) is 6.60. The maximum absolute atomic E-state index is 9.75. The first-order valence-electron chi connectivity index (χ1n) is 8.40. The summed E-state index contributed by atoms with van der Waals surface area (Å²) in [5.74, 6) is 0. The first-order chi connectivity index (χ1) is 11.2. The molecule has 0 aliphatic heterocycles. The van der Waals surface area contributed by atoms with Gasteiger partial charge in [0, 0.05) is 47.2 Å². The van der Waals surface area contributed by atoms with Crippen molar-refractivity contribution in [3.8, 4) is 0 Å². The van der Waals surface area contributed by atoms with E-state index in [0.717, 1.165) is 6.42 Å². The summed E-state index contributed by atoms with van der Waals surface area (Å²) in [7, 11) is -6.00. The molecule has 0 bridgehead atoms. The molecule has 0 radical (unpaired) electrons. The third kappa shape index (κ3) is 7.41. The van der Waals surface area contributed by atoms with E-state index < -0.39 is 7.25 Å². The highest BCUT2D eigenvalue weighted by atomic mass is 19.5. The standard InChI is InChI=1S/C20H27.BF4/c1-19(2,3)16-13-17(18(14-16)20(4,5)6)15-11-9-7-8-10-12-15;2-1(3,4)5/h7-12,14H,13H2,1-6H3;/q+1;-1. The van der Waals surface area contributed by atoms with Gasteiger partial charge in [-0.05, 0) is 50.0 Å². The molecule has 1 aromatic rings. The lowest BCUT2D eigenvalue weighted by molar-refractivity contribution is 0.368. The first-order valence-corrected chi connectivity index (χ1v) is 8.40. The summed E-state index contributed by atoms with van der Waals surface area (Å²) in [6.07, 6.45) is 3.53. The Labute approximate surface area is 148 Å². The Balaban J connectivity index is 0.000000550. The molecule has 0 fully saturated rings. The topological polar surface area (TPSA) is 0 Å². The van der Waals surface area contributed by atoms with Gasteiger partial charge in [-0.15, -0.1) is 0 Å². The highest BCUT2D eigenvalue weighted by Crippen LogP contribution is 2.46. The molecule has 0 saturated heterocycles. The molecule has 0 N–H and O–H groups in total. The van der Waals surface area contributed by atoms with Crippen LogP contribution in [0, 0.1) is 10.8 Å². The number of halogens is 4. The molecule has 25 heavy (non-hydrogen) atoms. The predicted molar refractivity (Wildman–Crippen MR) is 99.6 cm³/mol. The molecule has 0 amide bonds. The van der Waals surface area contributed by atoms with E-state index in [0.29, 0.717) is 0 Å². The van der Waals surface area contributed by atoms with E-state index in [-0.39, 0.29) is 10.8 Å². The second-order valence-corrected chi connectivity index (χ2v) is 8.29. The lowest BCUT2D eigenvalue weighted by atomic mass is 9.83. The molecule has 2 rings (SSSR count). The first kappa shape index (κ1) is 21.4. The number of hydrogen-bond donors (Lipinski definition) is 0. The van der Waals surface area contributed by atoms with Gasteiger partial charge in [0.15, 0.2) is 0 Å². The van der Waals surface area contributed by atoms with Gasteiger partial charge < -0.3 is 17.3 Å². The summed E-state index contributed by atoms with van der Waals surface area (Å²) in [6.45, 7) is 13.9. The summed E-state index contributed by atoms with van der Waals surface area (Å²) in [5.41, 5.74) is 6.33. The van der Waals surface area contributed by atoms with Gasteiger partial charge in [0.05, 0.1) is 5.56 Å². The van der Waals surface area contributed by atoms with Crippen LogP contribution in [-0.2, 0) is 0 Å². The van der Waals surface area contributed by atoms with Crippen molar-refractivity contribution < 1.29 is 17.3 Å². The van der Waals surface area contributed by atoms with Gasteiger partial charge in [0.2, 0.25) is 0 Å². The number of allylic oxidation sites excluding steroid dienone is 4. The quantitative estimate of drug-likeness (QED) is 0.279. The van der Waals surface area contributed by atoms with Gasteiger partial charge >= 0.3 is 7.25 Å². The monoisotopic (exact) mass is 354 g/mol. The van der Waals surface area contributed by atoms with Crippen LogP contribution in [0.3, 0.4) is 0 Å². The largest absolute Gasteiger partial charge is 0.673 e. The third-order valence-corrected chi connectivity index (χ3v) is 4.02. The Morgan fingerprint density at radius 3 is 1.60 bits per heavy atom. The maximum Gasteiger partial charge on any atom is 0.673 e. The van der Waals surface area contributed by atoms with Crippen LogP contribution >= 0.6 is 0 Å². The second-order valence-electron chi connectivity index (χ2n) is 8.29. The van der Waals surface area contributed by atoms with Crippen molar-refractivity contribution in [1.82, 2.24) is 0 Å². The van der Waals surface area contributed by atoms with Gasteiger partial charge in [0.1, 0.15) is 0 Å². The highest BCUT2D eigenvalue weighted by Gasteiger charge is 2.33. The van der Waals surface area contributed by atoms with Crippen molar-refractivity contribution in [2.75, 3.05) is 0 Å². The van der Waals surface area contributed by atoms with Crippen LogP contribution in [0.25, 0.3) is 5.57 Å². The van der Waals surface area contributed by atoms with Crippen LogP contribution in [-0.4, -0.2) is 7.25 Å². The minimum atomic E-state index is -6.00. The molecular weight excluding hydrogens is 327 g/mol. The van der Waals surface area contributed by atoms with Crippen molar-refractivity contribution >= 4 is 12.8 Å². The summed E-state index contributed by atoms with van der Waals surface area (Å²) in [5, 5.41) is 0. The molecule has 0 saturated carbocycles. The predicted octanol–water partition coefficient (Wildman–Crippen LogP) is 7.44. The zero-order valence-electron chi connectivity index (χ0n) is 15.8. The van der Waals surface area contributed by atoms with E-state index in [9.17, 15) is 17.3 Å². The molecule has 1 aliphatic rings. The molecule has 138 valence electrons. The zero-order valence-corrected chi connectivity index (χ0v) is 15.8. The summed E-state index contributed by atoms with van der Waals surface area (Å²) >= 11 is 0. The van der Waals surface area contributed by atoms with Gasteiger partial charge in [-0.1, -0.05) is 20.8 Å². The van der Waals surface area contributed by atoms with Crippen LogP contribution in [0.4, 0.5) is 17.3 Å². The molecule has 1 aromatic carbocycles. The Morgan fingerprint density at radius 1 is 0.800 bits per heavy atom. The second kappa shape index (κ2) is 7.71. The summed E-state index contributed by atoms with van der Waals surface area (Å²) in [6, 6.07) is 12.9. The van der Waals surface area contributed by atoms with E-state index in [1.54, 1.807) is 5.57 Å². The van der Waals surface area contributed by atoms with Crippen LogP contribution in [0.2, 0.25) is 0 Å². The molecule has 0 aromatic heterocycles. The molecule has 5 heteroatoms. The maximum atomic E-state index is 9.75. The average molecular weight is 354 g/mol. The minimum Gasteiger partial charge on any atom is -0.418 e. The van der Waals surface area contributed by atoms with E-state index in [1.165, 1.54) is 16.7 Å². The molecule has 0 spiro atoms. The molecule has 0 heterocycles. The molecule has 0 nitrogen and oxygen atoms in total. The van der Waals surface area contributed by atoms with E-state index in [2.05, 4.69) is 84.0 Å². The lowest BCUT2D eigenvalue weighted by Crippen LogP contribution is -2.09. The van der Waals surface area contributed by atoms with Crippen molar-refractivity contribution in [2.45, 2.75) is 48.0 Å². The van der Waals surface area contributed by atoms with Crippen molar-refractivity contribution in [2.24, 2.45) is 10.8 Å². The SMILES string of the molecule is CC(C)(C)C1=CC(C(C)(C)C)=C([c+]2cccccc2)C1.F[B-](F)(F)F.